The molecule has 1 unspecified atom stereocenters. The molecule has 204 valence electrons. The Morgan fingerprint density at radius 1 is 0.865 bits per heavy atom. The molecule has 10 heteroatoms. The molecule has 4 rings (SSSR count). The van der Waals surface area contributed by atoms with E-state index in [0.717, 1.165) is 67.3 Å². The van der Waals surface area contributed by atoms with Crippen LogP contribution in [-0.4, -0.2) is 93.3 Å². The first kappa shape index (κ1) is 28.2. The monoisotopic (exact) mass is 539 g/mol. The molecule has 0 amide bonds. The molecule has 0 radical (unpaired) electrons. The number of fused-ring (bicyclic) bond motifs is 2. The fraction of sp³-hybridized carbons (Fsp3) is 0.556. The van der Waals surface area contributed by atoms with Crippen LogP contribution >= 0.6 is 11.8 Å². The van der Waals surface area contributed by atoms with Crippen molar-refractivity contribution in [3.8, 4) is 0 Å². The van der Waals surface area contributed by atoms with Crippen LogP contribution in [-0.2, 0) is 15.7 Å². The van der Waals surface area contributed by atoms with Gasteiger partial charge in [-0.05, 0) is 36.8 Å². The van der Waals surface area contributed by atoms with Crippen LogP contribution in [0.15, 0.2) is 52.3 Å². The van der Waals surface area contributed by atoms with Crippen molar-refractivity contribution in [1.82, 2.24) is 9.80 Å². The molecule has 0 aromatic heterocycles. The lowest BCUT2D eigenvalue weighted by molar-refractivity contribution is -0.137. The summed E-state index contributed by atoms with van der Waals surface area (Å²) in [7, 11) is 0. The van der Waals surface area contributed by atoms with E-state index >= 15 is 0 Å². The van der Waals surface area contributed by atoms with Crippen molar-refractivity contribution in [2.24, 2.45) is 0 Å². The van der Waals surface area contributed by atoms with E-state index in [1.165, 1.54) is 23.9 Å². The normalized spacial score (nSPS) is 17.5. The largest absolute Gasteiger partial charge is 0.416 e. The summed E-state index contributed by atoms with van der Waals surface area (Å²) in [5, 5.41) is 11.0. The molecule has 0 bridgehead atoms. The van der Waals surface area contributed by atoms with Gasteiger partial charge in [0.05, 0.1) is 49.4 Å². The van der Waals surface area contributed by atoms with Gasteiger partial charge in [0.2, 0.25) is 0 Å². The van der Waals surface area contributed by atoms with Crippen molar-refractivity contribution < 1.29 is 27.8 Å². The van der Waals surface area contributed by atoms with Crippen LogP contribution in [0.5, 0.6) is 0 Å². The topological polar surface area (TPSA) is 48.4 Å². The lowest BCUT2D eigenvalue weighted by atomic mass is 10.1. The van der Waals surface area contributed by atoms with E-state index in [-0.39, 0.29) is 6.54 Å². The number of alkyl halides is 3. The molecule has 0 aliphatic carbocycles. The smallest absolute Gasteiger partial charge is 0.390 e. The van der Waals surface area contributed by atoms with Gasteiger partial charge in [-0.25, -0.2) is 0 Å². The number of β-amino-alcohol motifs (C(OH)–C–C–N with tert-alkyl or cyclic N) is 1. The number of piperazine rings is 1. The molecule has 37 heavy (non-hydrogen) atoms. The van der Waals surface area contributed by atoms with Crippen molar-refractivity contribution in [2.75, 3.05) is 77.1 Å². The third-order valence-electron chi connectivity index (χ3n) is 6.55. The Balaban J connectivity index is 1.30. The first-order chi connectivity index (χ1) is 17.8. The Kier molecular flexibility index (Phi) is 10.1. The first-order valence-electron chi connectivity index (χ1n) is 12.9. The van der Waals surface area contributed by atoms with Crippen molar-refractivity contribution >= 4 is 23.1 Å². The second kappa shape index (κ2) is 13.3. The summed E-state index contributed by atoms with van der Waals surface area (Å²) < 4.78 is 51.4. The fourth-order valence-corrected chi connectivity index (χ4v) is 5.70. The standard InChI is InChI=1S/C27H36F3N3O3S/c1-2-14-35-16-17-36-15-13-31-9-11-32(12-10-31)19-22(34)20-33-23-5-3-4-6-25(23)37-26-8-7-21(18-24(26)33)27(28,29)30/h3-8,18,22,34H,2,9-17,19-20H2,1H3. The highest BCUT2D eigenvalue weighted by Gasteiger charge is 2.34. The fourth-order valence-electron chi connectivity index (χ4n) is 4.62. The molecule has 1 N–H and O–H groups in total. The Morgan fingerprint density at radius 3 is 2.27 bits per heavy atom. The highest BCUT2D eigenvalue weighted by atomic mass is 32.2. The van der Waals surface area contributed by atoms with E-state index in [9.17, 15) is 18.3 Å². The predicted octanol–water partition coefficient (Wildman–Crippen LogP) is 4.73. The van der Waals surface area contributed by atoms with E-state index in [0.29, 0.717) is 32.1 Å². The minimum Gasteiger partial charge on any atom is -0.390 e. The number of hydrogen-bond acceptors (Lipinski definition) is 7. The van der Waals surface area contributed by atoms with E-state index in [1.54, 1.807) is 0 Å². The second-order valence-electron chi connectivity index (χ2n) is 9.38. The Morgan fingerprint density at radius 2 is 1.54 bits per heavy atom. The third kappa shape index (κ3) is 7.84. The number of halogens is 3. The highest BCUT2D eigenvalue weighted by molar-refractivity contribution is 7.99. The molecule has 2 heterocycles. The van der Waals surface area contributed by atoms with Gasteiger partial charge >= 0.3 is 6.18 Å². The molecule has 0 spiro atoms. The van der Waals surface area contributed by atoms with Crippen LogP contribution in [0, 0.1) is 0 Å². The van der Waals surface area contributed by atoms with Gasteiger partial charge in [0.15, 0.2) is 0 Å². The quantitative estimate of drug-likeness (QED) is 0.392. The maximum atomic E-state index is 13.4. The van der Waals surface area contributed by atoms with Crippen LogP contribution < -0.4 is 4.90 Å². The predicted molar refractivity (Wildman–Crippen MR) is 140 cm³/mol. The molecular weight excluding hydrogens is 503 g/mol. The van der Waals surface area contributed by atoms with Crippen LogP contribution in [0.3, 0.4) is 0 Å². The summed E-state index contributed by atoms with van der Waals surface area (Å²) in [6.07, 6.45) is -4.12. The zero-order chi connectivity index (χ0) is 26.3. The number of aliphatic hydroxyl groups is 1. The second-order valence-corrected chi connectivity index (χ2v) is 10.5. The summed E-state index contributed by atoms with van der Waals surface area (Å²) >= 11 is 1.46. The summed E-state index contributed by atoms with van der Waals surface area (Å²) in [6, 6.07) is 11.5. The summed E-state index contributed by atoms with van der Waals surface area (Å²) in [5.41, 5.74) is 0.630. The third-order valence-corrected chi connectivity index (χ3v) is 7.68. The maximum Gasteiger partial charge on any atom is 0.416 e. The SMILES string of the molecule is CCCOCCOCCN1CCN(CC(O)CN2c3ccccc3Sc3ccc(C(F)(F)F)cc32)CC1. The number of aliphatic hydroxyl groups excluding tert-OH is 1. The van der Waals surface area contributed by atoms with Crippen LogP contribution in [0.2, 0.25) is 0 Å². The van der Waals surface area contributed by atoms with E-state index in [4.69, 9.17) is 9.47 Å². The Hall–Kier alpha value is -1.82. The van der Waals surface area contributed by atoms with Crippen LogP contribution in [0.1, 0.15) is 18.9 Å². The molecule has 2 aromatic rings. The molecule has 2 aromatic carbocycles. The van der Waals surface area contributed by atoms with Gasteiger partial charge in [-0.1, -0.05) is 30.8 Å². The molecule has 1 fully saturated rings. The summed E-state index contributed by atoms with van der Waals surface area (Å²) in [4.78, 5) is 8.13. The number of nitrogens with zero attached hydrogens (tertiary/aromatic N) is 3. The number of ether oxygens (including phenoxy) is 2. The molecule has 2 aliphatic heterocycles. The van der Waals surface area contributed by atoms with Gasteiger partial charge in [0.25, 0.3) is 0 Å². The minimum atomic E-state index is -4.42. The first-order valence-corrected chi connectivity index (χ1v) is 13.7. The molecular formula is C27H36F3N3O3S. The van der Waals surface area contributed by atoms with E-state index in [1.807, 2.05) is 29.2 Å². The lowest BCUT2D eigenvalue weighted by Gasteiger charge is -2.38. The molecule has 6 nitrogen and oxygen atoms in total. The van der Waals surface area contributed by atoms with Gasteiger partial charge < -0.3 is 19.5 Å². The van der Waals surface area contributed by atoms with Crippen molar-refractivity contribution in [1.29, 1.82) is 0 Å². The number of benzene rings is 2. The average Bonchev–Trinajstić information content (AvgIpc) is 2.88. The van der Waals surface area contributed by atoms with Gasteiger partial charge in [0.1, 0.15) is 0 Å². The zero-order valence-corrected chi connectivity index (χ0v) is 22.1. The van der Waals surface area contributed by atoms with E-state index in [2.05, 4.69) is 16.7 Å². The van der Waals surface area contributed by atoms with Gasteiger partial charge in [0, 0.05) is 55.7 Å². The van der Waals surface area contributed by atoms with Crippen molar-refractivity contribution in [3.63, 3.8) is 0 Å². The van der Waals surface area contributed by atoms with Gasteiger partial charge in [-0.15, -0.1) is 0 Å². The van der Waals surface area contributed by atoms with Crippen molar-refractivity contribution in [2.45, 2.75) is 35.4 Å². The maximum absolute atomic E-state index is 13.4. The molecule has 2 aliphatic rings. The van der Waals surface area contributed by atoms with Crippen LogP contribution in [0.4, 0.5) is 24.5 Å². The highest BCUT2D eigenvalue weighted by Crippen LogP contribution is 2.49. The molecule has 0 saturated carbocycles. The number of anilines is 2. The summed E-state index contributed by atoms with van der Waals surface area (Å²) in [5.74, 6) is 0. The van der Waals surface area contributed by atoms with E-state index < -0.39 is 17.8 Å². The lowest BCUT2D eigenvalue weighted by Crippen LogP contribution is -2.50. The Labute approximate surface area is 221 Å². The molecule has 1 saturated heterocycles. The molecule has 1 atom stereocenters. The number of para-hydroxylation sites is 1. The number of hydrogen-bond donors (Lipinski definition) is 1. The Bertz CT molecular complexity index is 1000. The van der Waals surface area contributed by atoms with Crippen LogP contribution in [0.25, 0.3) is 0 Å². The summed E-state index contributed by atoms with van der Waals surface area (Å²) in [6.45, 7) is 9.76. The van der Waals surface area contributed by atoms with Gasteiger partial charge in [-0.3, -0.25) is 9.80 Å². The van der Waals surface area contributed by atoms with Gasteiger partial charge in [-0.2, -0.15) is 13.2 Å². The zero-order valence-electron chi connectivity index (χ0n) is 21.3. The number of rotatable bonds is 12. The van der Waals surface area contributed by atoms with Crippen molar-refractivity contribution in [3.05, 3.63) is 48.0 Å². The minimum absolute atomic E-state index is 0.222. The average molecular weight is 540 g/mol.